The van der Waals surface area contributed by atoms with Gasteiger partial charge in [0.2, 0.25) is 0 Å². The number of aliphatic hydroxyl groups excluding tert-OH is 1. The normalized spacial score (nSPS) is 35.6. The molecule has 1 N–H and O–H groups in total. The third-order valence-electron chi connectivity index (χ3n) is 2.02. The Morgan fingerprint density at radius 1 is 1.42 bits per heavy atom. The van der Waals surface area contributed by atoms with Crippen LogP contribution in [0.25, 0.3) is 0 Å². The quantitative estimate of drug-likeness (QED) is 0.598. The summed E-state index contributed by atoms with van der Waals surface area (Å²) in [5.74, 6) is -0.606. The molecule has 70 valence electrons. The van der Waals surface area contributed by atoms with Gasteiger partial charge >= 0.3 is 0 Å². The fourth-order valence-corrected chi connectivity index (χ4v) is 1.08. The van der Waals surface area contributed by atoms with E-state index in [-0.39, 0.29) is 5.92 Å². The molecule has 3 heteroatoms. The van der Waals surface area contributed by atoms with Crippen LogP contribution in [0.5, 0.6) is 0 Å². The van der Waals surface area contributed by atoms with E-state index in [0.29, 0.717) is 13.2 Å². The maximum absolute atomic E-state index is 9.50. The molecule has 0 aliphatic carbocycles. The molecule has 1 fully saturated rings. The summed E-state index contributed by atoms with van der Waals surface area (Å²) in [5, 5.41) is 9.50. The summed E-state index contributed by atoms with van der Waals surface area (Å²) in [4.78, 5) is 0. The van der Waals surface area contributed by atoms with Crippen molar-refractivity contribution in [2.45, 2.75) is 25.7 Å². The van der Waals surface area contributed by atoms with Crippen LogP contribution in [0.2, 0.25) is 0 Å². The molecular formula is C9H16O3. The highest BCUT2D eigenvalue weighted by molar-refractivity contribution is 4.86. The lowest BCUT2D eigenvalue weighted by atomic mass is 10.1. The highest BCUT2D eigenvalue weighted by Crippen LogP contribution is 2.20. The van der Waals surface area contributed by atoms with Gasteiger partial charge in [0.15, 0.2) is 5.79 Å². The van der Waals surface area contributed by atoms with Crippen molar-refractivity contribution in [3.63, 3.8) is 0 Å². The number of hydrogen-bond acceptors (Lipinski definition) is 3. The van der Waals surface area contributed by atoms with Gasteiger partial charge in [0.05, 0.1) is 19.3 Å². The highest BCUT2D eigenvalue weighted by Gasteiger charge is 2.29. The molecule has 0 aromatic carbocycles. The molecule has 0 spiro atoms. The summed E-state index contributed by atoms with van der Waals surface area (Å²) in [7, 11) is 0. The average molecular weight is 172 g/mol. The summed E-state index contributed by atoms with van der Waals surface area (Å²) < 4.78 is 10.7. The van der Waals surface area contributed by atoms with Crippen LogP contribution in [0.15, 0.2) is 12.7 Å². The minimum Gasteiger partial charge on any atom is -0.390 e. The maximum Gasteiger partial charge on any atom is 0.162 e. The lowest BCUT2D eigenvalue weighted by molar-refractivity contribution is -0.203. The first-order valence-corrected chi connectivity index (χ1v) is 4.14. The Hall–Kier alpha value is -0.380. The predicted octanol–water partition coefficient (Wildman–Crippen LogP) is 0.932. The average Bonchev–Trinajstić information content (AvgIpc) is 2.13. The van der Waals surface area contributed by atoms with Crippen molar-refractivity contribution in [2.24, 2.45) is 5.92 Å². The molecule has 1 aliphatic heterocycles. The van der Waals surface area contributed by atoms with Crippen molar-refractivity contribution in [3.05, 3.63) is 12.7 Å². The number of rotatable bonds is 1. The van der Waals surface area contributed by atoms with Gasteiger partial charge in [-0.25, -0.2) is 0 Å². The van der Waals surface area contributed by atoms with E-state index in [4.69, 9.17) is 9.47 Å². The molecule has 1 saturated heterocycles. The molecular weight excluding hydrogens is 156 g/mol. The van der Waals surface area contributed by atoms with Gasteiger partial charge in [0, 0.05) is 5.92 Å². The van der Waals surface area contributed by atoms with Crippen molar-refractivity contribution < 1.29 is 14.6 Å². The molecule has 0 aromatic heterocycles. The Morgan fingerprint density at radius 2 is 2.00 bits per heavy atom. The van der Waals surface area contributed by atoms with Crippen LogP contribution in [0.4, 0.5) is 0 Å². The standard InChI is InChI=1S/C9H16O3/c1-4-7-5-11-9(2,3)12-6-8(7)10/h4,7-8,10H,1,5-6H2,2-3H3/t7-,8-/m1/s1. The molecule has 3 nitrogen and oxygen atoms in total. The summed E-state index contributed by atoms with van der Waals surface area (Å²) in [6.45, 7) is 8.08. The summed E-state index contributed by atoms with van der Waals surface area (Å²) in [5.41, 5.74) is 0. The van der Waals surface area contributed by atoms with Crippen molar-refractivity contribution >= 4 is 0 Å². The van der Waals surface area contributed by atoms with E-state index in [0.717, 1.165) is 0 Å². The largest absolute Gasteiger partial charge is 0.390 e. The number of ether oxygens (including phenoxy) is 2. The van der Waals surface area contributed by atoms with Crippen LogP contribution in [-0.4, -0.2) is 30.2 Å². The van der Waals surface area contributed by atoms with E-state index in [2.05, 4.69) is 6.58 Å². The van der Waals surface area contributed by atoms with E-state index >= 15 is 0 Å². The Morgan fingerprint density at radius 3 is 2.58 bits per heavy atom. The van der Waals surface area contributed by atoms with Crippen LogP contribution in [0.1, 0.15) is 13.8 Å². The molecule has 0 unspecified atom stereocenters. The minimum absolute atomic E-state index is 0.0215. The smallest absolute Gasteiger partial charge is 0.162 e. The zero-order chi connectivity index (χ0) is 9.19. The van der Waals surface area contributed by atoms with Crippen LogP contribution >= 0.6 is 0 Å². The zero-order valence-electron chi connectivity index (χ0n) is 7.62. The first-order valence-electron chi connectivity index (χ1n) is 4.14. The van der Waals surface area contributed by atoms with Crippen molar-refractivity contribution in [3.8, 4) is 0 Å². The molecule has 0 bridgehead atoms. The fraction of sp³-hybridized carbons (Fsp3) is 0.778. The van der Waals surface area contributed by atoms with E-state index in [1.165, 1.54) is 0 Å². The molecule has 0 radical (unpaired) electrons. The van der Waals surface area contributed by atoms with Gasteiger partial charge in [-0.1, -0.05) is 6.08 Å². The minimum atomic E-state index is -0.585. The molecule has 0 saturated carbocycles. The zero-order valence-corrected chi connectivity index (χ0v) is 7.62. The van der Waals surface area contributed by atoms with E-state index in [1.54, 1.807) is 6.08 Å². The SMILES string of the molecule is C=C[C@@H]1COC(C)(C)OC[C@H]1O. The number of aliphatic hydroxyl groups is 1. The van der Waals surface area contributed by atoms with Gasteiger partial charge in [-0.3, -0.25) is 0 Å². The Kier molecular flexibility index (Phi) is 2.88. The molecule has 12 heavy (non-hydrogen) atoms. The first kappa shape index (κ1) is 9.71. The molecule has 0 aromatic rings. The lowest BCUT2D eigenvalue weighted by Crippen LogP contribution is -2.27. The summed E-state index contributed by atoms with van der Waals surface area (Å²) >= 11 is 0. The molecule has 1 aliphatic rings. The second kappa shape index (κ2) is 3.56. The highest BCUT2D eigenvalue weighted by atomic mass is 16.7. The van der Waals surface area contributed by atoms with Gasteiger partial charge < -0.3 is 14.6 Å². The fourth-order valence-electron chi connectivity index (χ4n) is 1.08. The van der Waals surface area contributed by atoms with E-state index in [9.17, 15) is 5.11 Å². The molecule has 1 heterocycles. The monoisotopic (exact) mass is 172 g/mol. The van der Waals surface area contributed by atoms with Gasteiger partial charge in [0.25, 0.3) is 0 Å². The van der Waals surface area contributed by atoms with Gasteiger partial charge in [-0.05, 0) is 13.8 Å². The van der Waals surface area contributed by atoms with Crippen LogP contribution in [0.3, 0.4) is 0 Å². The lowest BCUT2D eigenvalue weighted by Gasteiger charge is -2.22. The van der Waals surface area contributed by atoms with Crippen LogP contribution < -0.4 is 0 Å². The Balaban J connectivity index is 2.58. The van der Waals surface area contributed by atoms with Crippen molar-refractivity contribution in [1.82, 2.24) is 0 Å². The third-order valence-corrected chi connectivity index (χ3v) is 2.02. The summed E-state index contributed by atoms with van der Waals surface area (Å²) in [6, 6.07) is 0. The van der Waals surface area contributed by atoms with Gasteiger partial charge in [-0.2, -0.15) is 0 Å². The maximum atomic E-state index is 9.50. The second-order valence-corrected chi connectivity index (χ2v) is 3.49. The topological polar surface area (TPSA) is 38.7 Å². The second-order valence-electron chi connectivity index (χ2n) is 3.49. The Bertz CT molecular complexity index is 165. The summed E-state index contributed by atoms with van der Waals surface area (Å²) in [6.07, 6.45) is 1.21. The predicted molar refractivity (Wildman–Crippen MR) is 45.7 cm³/mol. The first-order chi connectivity index (χ1) is 5.55. The molecule has 2 atom stereocenters. The van der Waals surface area contributed by atoms with E-state index in [1.807, 2.05) is 13.8 Å². The Labute approximate surface area is 73.0 Å². The van der Waals surface area contributed by atoms with Gasteiger partial charge in [-0.15, -0.1) is 6.58 Å². The molecule has 0 amide bonds. The van der Waals surface area contributed by atoms with Crippen LogP contribution in [0, 0.1) is 5.92 Å². The molecule has 1 rings (SSSR count). The third kappa shape index (κ3) is 2.30. The van der Waals surface area contributed by atoms with Crippen LogP contribution in [-0.2, 0) is 9.47 Å². The van der Waals surface area contributed by atoms with Crippen molar-refractivity contribution in [2.75, 3.05) is 13.2 Å². The van der Waals surface area contributed by atoms with Crippen molar-refractivity contribution in [1.29, 1.82) is 0 Å². The van der Waals surface area contributed by atoms with E-state index < -0.39 is 11.9 Å². The van der Waals surface area contributed by atoms with Gasteiger partial charge in [0.1, 0.15) is 0 Å². The number of hydrogen-bond donors (Lipinski definition) is 1.